The molecule has 0 saturated heterocycles. The van der Waals surface area contributed by atoms with Crippen molar-refractivity contribution in [3.8, 4) is 17.0 Å². The Hall–Kier alpha value is -3.55. The van der Waals surface area contributed by atoms with Crippen LogP contribution in [0.15, 0.2) is 48.5 Å². The van der Waals surface area contributed by atoms with Gasteiger partial charge in [0.2, 0.25) is 0 Å². The lowest BCUT2D eigenvalue weighted by molar-refractivity contribution is -0.141. The quantitative estimate of drug-likeness (QED) is 0.351. The molecule has 0 unspecified atom stereocenters. The van der Waals surface area contributed by atoms with Crippen LogP contribution < -0.4 is 10.1 Å². The Labute approximate surface area is 182 Å². The number of aryl methyl sites for hydroxylation is 3. The summed E-state index contributed by atoms with van der Waals surface area (Å²) in [6.07, 6.45) is -4.64. The molecular formula is C24H21F4N3O. The van der Waals surface area contributed by atoms with Crippen LogP contribution in [0.4, 0.5) is 29.1 Å². The Balaban J connectivity index is 2.08. The van der Waals surface area contributed by atoms with E-state index in [9.17, 15) is 13.2 Å². The molecule has 2 heterocycles. The smallest absolute Gasteiger partial charge is 0.431 e. The highest BCUT2D eigenvalue weighted by Crippen LogP contribution is 2.40. The Morgan fingerprint density at radius 2 is 1.59 bits per heavy atom. The second-order valence-electron chi connectivity index (χ2n) is 7.60. The summed E-state index contributed by atoms with van der Waals surface area (Å²) in [5, 5.41) is 3.13. The number of ether oxygens (including phenoxy) is 1. The van der Waals surface area contributed by atoms with Gasteiger partial charge < -0.3 is 10.1 Å². The highest BCUT2D eigenvalue weighted by molar-refractivity contribution is 5.83. The zero-order valence-corrected chi connectivity index (χ0v) is 17.9. The topological polar surface area (TPSA) is 38.6 Å². The molecule has 0 spiro atoms. The minimum absolute atomic E-state index is 0.0393. The van der Waals surface area contributed by atoms with Crippen LogP contribution in [0.25, 0.3) is 16.9 Å². The number of aromatic nitrogens is 2. The number of benzene rings is 2. The molecule has 2 aromatic heterocycles. The normalized spacial score (nSPS) is 11.8. The monoisotopic (exact) mass is 443 g/mol. The highest BCUT2D eigenvalue weighted by atomic mass is 19.4. The van der Waals surface area contributed by atoms with Crippen LogP contribution in [0, 0.1) is 26.6 Å². The lowest BCUT2D eigenvalue weighted by Gasteiger charge is -2.17. The fourth-order valence-electron chi connectivity index (χ4n) is 3.86. The Kier molecular flexibility index (Phi) is 5.32. The van der Waals surface area contributed by atoms with Gasteiger partial charge in [0.25, 0.3) is 0 Å². The summed E-state index contributed by atoms with van der Waals surface area (Å²) in [6, 6.07) is 12.1. The maximum atomic E-state index is 15.1. The molecule has 0 bridgehead atoms. The number of pyridine rings is 1. The third kappa shape index (κ3) is 3.66. The van der Waals surface area contributed by atoms with E-state index in [0.717, 1.165) is 21.6 Å². The van der Waals surface area contributed by atoms with Crippen molar-refractivity contribution >= 4 is 17.2 Å². The van der Waals surface area contributed by atoms with E-state index >= 15 is 4.39 Å². The molecular weight excluding hydrogens is 422 g/mol. The summed E-state index contributed by atoms with van der Waals surface area (Å²) in [5.74, 6) is -0.284. The second kappa shape index (κ2) is 7.85. The molecule has 0 aliphatic rings. The van der Waals surface area contributed by atoms with Crippen molar-refractivity contribution in [3.05, 3.63) is 76.7 Å². The number of para-hydroxylation sites is 1. The van der Waals surface area contributed by atoms with Gasteiger partial charge >= 0.3 is 6.18 Å². The maximum Gasteiger partial charge on any atom is 0.431 e. The van der Waals surface area contributed by atoms with Crippen LogP contribution in [0.1, 0.15) is 22.4 Å². The maximum absolute atomic E-state index is 15.1. The molecule has 2 aromatic carbocycles. The van der Waals surface area contributed by atoms with Crippen LogP contribution in [-0.2, 0) is 6.18 Å². The first-order valence-electron chi connectivity index (χ1n) is 9.88. The summed E-state index contributed by atoms with van der Waals surface area (Å²) >= 11 is 0. The van der Waals surface area contributed by atoms with Crippen molar-refractivity contribution in [1.29, 1.82) is 0 Å². The van der Waals surface area contributed by atoms with E-state index < -0.39 is 17.7 Å². The van der Waals surface area contributed by atoms with Crippen LogP contribution in [0.3, 0.4) is 0 Å². The number of hydrogen-bond acceptors (Lipinski definition) is 3. The molecule has 4 nitrogen and oxygen atoms in total. The summed E-state index contributed by atoms with van der Waals surface area (Å²) in [6.45, 7) is 5.36. The first-order chi connectivity index (χ1) is 15.1. The largest absolute Gasteiger partial charge is 0.497 e. The van der Waals surface area contributed by atoms with Gasteiger partial charge in [0.1, 0.15) is 34.4 Å². The van der Waals surface area contributed by atoms with Gasteiger partial charge in [-0.05, 0) is 55.7 Å². The van der Waals surface area contributed by atoms with Crippen molar-refractivity contribution in [2.75, 3.05) is 12.4 Å². The average molecular weight is 443 g/mol. The van der Waals surface area contributed by atoms with Gasteiger partial charge in [-0.3, -0.25) is 4.40 Å². The molecule has 8 heteroatoms. The molecule has 0 saturated carbocycles. The predicted octanol–water partition coefficient (Wildman–Crippen LogP) is 6.84. The van der Waals surface area contributed by atoms with Crippen molar-refractivity contribution in [3.63, 3.8) is 0 Å². The average Bonchev–Trinajstić information content (AvgIpc) is 3.07. The van der Waals surface area contributed by atoms with Crippen molar-refractivity contribution < 1.29 is 22.3 Å². The molecule has 32 heavy (non-hydrogen) atoms. The van der Waals surface area contributed by atoms with Crippen LogP contribution >= 0.6 is 0 Å². The van der Waals surface area contributed by atoms with Crippen LogP contribution in [0.5, 0.6) is 5.75 Å². The molecule has 0 aliphatic carbocycles. The van der Waals surface area contributed by atoms with Gasteiger partial charge in [-0.15, -0.1) is 0 Å². The molecule has 0 amide bonds. The van der Waals surface area contributed by atoms with Crippen molar-refractivity contribution in [2.24, 2.45) is 0 Å². The lowest BCUT2D eigenvalue weighted by atomic mass is 10.0. The molecule has 1 N–H and O–H groups in total. The number of fused-ring (bicyclic) bond motifs is 1. The Morgan fingerprint density at radius 3 is 2.19 bits per heavy atom. The molecule has 4 rings (SSSR count). The van der Waals surface area contributed by atoms with Gasteiger partial charge in [0.05, 0.1) is 7.11 Å². The molecule has 166 valence electrons. The number of imidazole rings is 1. The number of methoxy groups -OCH3 is 1. The number of nitrogens with one attached hydrogen (secondary N) is 1. The lowest BCUT2D eigenvalue weighted by Crippen LogP contribution is -2.13. The predicted molar refractivity (Wildman–Crippen MR) is 116 cm³/mol. The third-order valence-corrected chi connectivity index (χ3v) is 5.39. The zero-order valence-electron chi connectivity index (χ0n) is 17.9. The van der Waals surface area contributed by atoms with Gasteiger partial charge in [-0.25, -0.2) is 9.37 Å². The van der Waals surface area contributed by atoms with Gasteiger partial charge in [0.15, 0.2) is 0 Å². The molecule has 0 fully saturated rings. The van der Waals surface area contributed by atoms with Crippen LogP contribution in [-0.4, -0.2) is 16.5 Å². The fraction of sp³-hybridized carbons (Fsp3) is 0.208. The first-order valence-corrected chi connectivity index (χ1v) is 9.88. The summed E-state index contributed by atoms with van der Waals surface area (Å²) in [4.78, 5) is 4.41. The zero-order chi connectivity index (χ0) is 23.2. The fourth-order valence-corrected chi connectivity index (χ4v) is 3.86. The highest BCUT2D eigenvalue weighted by Gasteiger charge is 2.35. The molecule has 0 radical (unpaired) electrons. The Bertz CT molecular complexity index is 1280. The molecule has 4 aromatic rings. The van der Waals surface area contributed by atoms with Gasteiger partial charge in [-0.1, -0.05) is 24.3 Å². The number of halogens is 4. The number of hydrogen-bond donors (Lipinski definition) is 1. The Morgan fingerprint density at radius 1 is 0.938 bits per heavy atom. The van der Waals surface area contributed by atoms with Gasteiger partial charge in [-0.2, -0.15) is 13.2 Å². The SMILES string of the molecule is COc1cc(C)c(-c2nc3cccc(C(F)(F)F)n3c2Nc2c(C)cccc2C)c(F)c1. The van der Waals surface area contributed by atoms with E-state index in [1.54, 1.807) is 13.0 Å². The van der Waals surface area contributed by atoms with Crippen LogP contribution in [0.2, 0.25) is 0 Å². The minimum atomic E-state index is -4.64. The standard InChI is InChI=1S/C24H21F4N3O/c1-13-7-5-8-14(2)21(13)30-23-22(20-15(3)11-16(32-4)12-17(20)25)29-19-10-6-9-18(31(19)23)24(26,27)28/h5-12,30H,1-4H3. The second-order valence-corrected chi connectivity index (χ2v) is 7.60. The molecule has 0 aliphatic heterocycles. The minimum Gasteiger partial charge on any atom is -0.497 e. The summed E-state index contributed by atoms with van der Waals surface area (Å²) < 4.78 is 62.9. The third-order valence-electron chi connectivity index (χ3n) is 5.39. The van der Waals surface area contributed by atoms with E-state index in [-0.39, 0.29) is 22.7 Å². The van der Waals surface area contributed by atoms with Gasteiger partial charge in [0, 0.05) is 17.3 Å². The first kappa shape index (κ1) is 21.7. The van der Waals surface area contributed by atoms with E-state index in [0.29, 0.717) is 17.0 Å². The number of rotatable bonds is 4. The van der Waals surface area contributed by atoms with Crippen molar-refractivity contribution in [2.45, 2.75) is 26.9 Å². The molecule has 0 atom stereocenters. The number of anilines is 2. The summed E-state index contributed by atoms with van der Waals surface area (Å²) in [5.41, 5.74) is 2.14. The van der Waals surface area contributed by atoms with E-state index in [1.807, 2.05) is 32.0 Å². The number of alkyl halides is 3. The van der Waals surface area contributed by atoms with E-state index in [4.69, 9.17) is 4.74 Å². The number of nitrogens with zero attached hydrogens (tertiary/aromatic N) is 2. The van der Waals surface area contributed by atoms with E-state index in [1.165, 1.54) is 25.3 Å². The van der Waals surface area contributed by atoms with E-state index in [2.05, 4.69) is 10.3 Å². The summed E-state index contributed by atoms with van der Waals surface area (Å²) in [7, 11) is 1.42. The van der Waals surface area contributed by atoms with Crippen molar-refractivity contribution in [1.82, 2.24) is 9.38 Å².